The summed E-state index contributed by atoms with van der Waals surface area (Å²) in [5.74, 6) is 0.692. The quantitative estimate of drug-likeness (QED) is 0.709. The summed E-state index contributed by atoms with van der Waals surface area (Å²) >= 11 is 4.17. The van der Waals surface area contributed by atoms with E-state index in [1.165, 1.54) is 10.8 Å². The second-order valence-corrected chi connectivity index (χ2v) is 4.22. The maximum Gasteiger partial charge on any atom is 0.0420 e. The van der Waals surface area contributed by atoms with Crippen LogP contribution in [0.25, 0.3) is 10.8 Å². The zero-order valence-electron chi connectivity index (χ0n) is 9.06. The molecule has 2 aromatic carbocycles. The van der Waals surface area contributed by atoms with Gasteiger partial charge >= 0.3 is 0 Å². The van der Waals surface area contributed by atoms with E-state index in [0.29, 0.717) is 5.75 Å². The van der Waals surface area contributed by atoms with Crippen LogP contribution < -0.4 is 11.1 Å². The van der Waals surface area contributed by atoms with Crippen molar-refractivity contribution in [3.05, 3.63) is 42.5 Å². The summed E-state index contributed by atoms with van der Waals surface area (Å²) in [4.78, 5) is 0. The summed E-state index contributed by atoms with van der Waals surface area (Å²) in [5.41, 5.74) is 6.96. The van der Waals surface area contributed by atoms with Gasteiger partial charge in [0.25, 0.3) is 0 Å². The highest BCUT2D eigenvalue weighted by Gasteiger charge is 2.02. The van der Waals surface area contributed by atoms with Crippen LogP contribution in [0.2, 0.25) is 0 Å². The standard InChI is InChI=1S/C13H16N2S/c14-11(9-16)8-15-13-7-3-5-10-4-1-2-6-12(10)13/h1-7,11,15-16H,8-9,14H2/t11-/m1/s1. The largest absolute Gasteiger partial charge is 0.383 e. The molecule has 0 saturated heterocycles. The second-order valence-electron chi connectivity index (χ2n) is 3.85. The van der Waals surface area contributed by atoms with E-state index in [1.807, 2.05) is 12.1 Å². The molecule has 3 N–H and O–H groups in total. The molecule has 1 atom stereocenters. The van der Waals surface area contributed by atoms with E-state index in [0.717, 1.165) is 12.2 Å². The van der Waals surface area contributed by atoms with Gasteiger partial charge in [0.2, 0.25) is 0 Å². The van der Waals surface area contributed by atoms with E-state index in [1.54, 1.807) is 0 Å². The molecule has 2 nitrogen and oxygen atoms in total. The molecule has 0 aromatic heterocycles. The van der Waals surface area contributed by atoms with Gasteiger partial charge in [-0.25, -0.2) is 0 Å². The van der Waals surface area contributed by atoms with Crippen LogP contribution >= 0.6 is 12.6 Å². The van der Waals surface area contributed by atoms with Crippen molar-refractivity contribution in [2.75, 3.05) is 17.6 Å². The molecule has 0 aliphatic rings. The molecular formula is C13H16N2S. The Kier molecular flexibility index (Phi) is 3.70. The third-order valence-corrected chi connectivity index (χ3v) is 3.05. The molecule has 0 amide bonds. The second kappa shape index (κ2) is 5.23. The minimum Gasteiger partial charge on any atom is -0.383 e. The number of rotatable bonds is 4. The fourth-order valence-electron chi connectivity index (χ4n) is 1.69. The molecule has 2 aromatic rings. The van der Waals surface area contributed by atoms with E-state index < -0.39 is 0 Å². The lowest BCUT2D eigenvalue weighted by atomic mass is 10.1. The van der Waals surface area contributed by atoms with Crippen LogP contribution in [0.3, 0.4) is 0 Å². The Morgan fingerprint density at radius 1 is 1.12 bits per heavy atom. The van der Waals surface area contributed by atoms with Crippen molar-refractivity contribution in [1.82, 2.24) is 0 Å². The first-order chi connectivity index (χ1) is 7.81. The van der Waals surface area contributed by atoms with Gasteiger partial charge in [-0.2, -0.15) is 12.6 Å². The van der Waals surface area contributed by atoms with Crippen LogP contribution in [0, 0.1) is 0 Å². The van der Waals surface area contributed by atoms with Gasteiger partial charge in [0, 0.05) is 29.4 Å². The Morgan fingerprint density at radius 3 is 2.69 bits per heavy atom. The van der Waals surface area contributed by atoms with Gasteiger partial charge < -0.3 is 11.1 Å². The smallest absolute Gasteiger partial charge is 0.0420 e. The average Bonchev–Trinajstić information content (AvgIpc) is 2.35. The van der Waals surface area contributed by atoms with Crippen molar-refractivity contribution in [2.45, 2.75) is 6.04 Å². The van der Waals surface area contributed by atoms with Crippen LogP contribution in [0.15, 0.2) is 42.5 Å². The zero-order chi connectivity index (χ0) is 11.4. The van der Waals surface area contributed by atoms with Crippen LogP contribution in [0.4, 0.5) is 5.69 Å². The maximum atomic E-state index is 5.83. The monoisotopic (exact) mass is 232 g/mol. The first-order valence-electron chi connectivity index (χ1n) is 5.39. The Balaban J connectivity index is 2.23. The number of nitrogens with one attached hydrogen (secondary N) is 1. The summed E-state index contributed by atoms with van der Waals surface area (Å²) in [6.45, 7) is 0.748. The Morgan fingerprint density at radius 2 is 1.88 bits per heavy atom. The molecular weight excluding hydrogens is 216 g/mol. The first kappa shape index (κ1) is 11.3. The van der Waals surface area contributed by atoms with Crippen LogP contribution in [0.1, 0.15) is 0 Å². The predicted octanol–water partition coefficient (Wildman–Crippen LogP) is 2.51. The van der Waals surface area contributed by atoms with Crippen LogP contribution in [-0.2, 0) is 0 Å². The topological polar surface area (TPSA) is 38.0 Å². The van der Waals surface area contributed by atoms with E-state index >= 15 is 0 Å². The number of nitrogens with two attached hydrogens (primary N) is 1. The van der Waals surface area contributed by atoms with Crippen molar-refractivity contribution in [3.63, 3.8) is 0 Å². The van der Waals surface area contributed by atoms with Crippen molar-refractivity contribution >= 4 is 29.1 Å². The van der Waals surface area contributed by atoms with Crippen LogP contribution in [-0.4, -0.2) is 18.3 Å². The molecule has 0 radical (unpaired) electrons. The number of fused-ring (bicyclic) bond motifs is 1. The van der Waals surface area contributed by atoms with Gasteiger partial charge in [-0.15, -0.1) is 0 Å². The molecule has 16 heavy (non-hydrogen) atoms. The number of anilines is 1. The minimum atomic E-state index is 0.0855. The third-order valence-electron chi connectivity index (χ3n) is 2.58. The highest BCUT2D eigenvalue weighted by atomic mass is 32.1. The van der Waals surface area contributed by atoms with E-state index in [2.05, 4.69) is 48.3 Å². The van der Waals surface area contributed by atoms with E-state index in [9.17, 15) is 0 Å². The molecule has 3 heteroatoms. The third kappa shape index (κ3) is 2.49. The molecule has 0 bridgehead atoms. The zero-order valence-corrected chi connectivity index (χ0v) is 9.95. The number of hydrogen-bond donors (Lipinski definition) is 3. The summed E-state index contributed by atoms with van der Waals surface area (Å²) < 4.78 is 0. The lowest BCUT2D eigenvalue weighted by Gasteiger charge is -2.13. The lowest BCUT2D eigenvalue weighted by Crippen LogP contribution is -2.30. The Labute approximate surface area is 101 Å². The average molecular weight is 232 g/mol. The molecule has 2 rings (SSSR count). The van der Waals surface area contributed by atoms with Crippen molar-refractivity contribution in [3.8, 4) is 0 Å². The van der Waals surface area contributed by atoms with Crippen molar-refractivity contribution < 1.29 is 0 Å². The predicted molar refractivity (Wildman–Crippen MR) is 74.3 cm³/mol. The van der Waals surface area contributed by atoms with Crippen molar-refractivity contribution in [2.24, 2.45) is 5.73 Å². The Hall–Kier alpha value is -1.19. The lowest BCUT2D eigenvalue weighted by molar-refractivity contribution is 0.794. The molecule has 0 fully saturated rings. The Bertz CT molecular complexity index is 465. The molecule has 0 aliphatic heterocycles. The summed E-state index contributed by atoms with van der Waals surface area (Å²) in [6.07, 6.45) is 0. The normalized spacial score (nSPS) is 12.6. The summed E-state index contributed by atoms with van der Waals surface area (Å²) in [6, 6.07) is 14.6. The van der Waals surface area contributed by atoms with E-state index in [4.69, 9.17) is 5.73 Å². The number of hydrogen-bond acceptors (Lipinski definition) is 3. The van der Waals surface area contributed by atoms with Gasteiger partial charge in [0.15, 0.2) is 0 Å². The molecule has 0 spiro atoms. The maximum absolute atomic E-state index is 5.83. The van der Waals surface area contributed by atoms with Gasteiger partial charge in [-0.05, 0) is 11.5 Å². The van der Waals surface area contributed by atoms with Crippen molar-refractivity contribution in [1.29, 1.82) is 0 Å². The molecule has 0 saturated carbocycles. The molecule has 0 heterocycles. The number of benzene rings is 2. The molecule has 0 aliphatic carbocycles. The van der Waals surface area contributed by atoms with Crippen LogP contribution in [0.5, 0.6) is 0 Å². The highest BCUT2D eigenvalue weighted by molar-refractivity contribution is 7.80. The van der Waals surface area contributed by atoms with Gasteiger partial charge in [0.05, 0.1) is 0 Å². The van der Waals surface area contributed by atoms with Gasteiger partial charge in [0.1, 0.15) is 0 Å². The van der Waals surface area contributed by atoms with E-state index in [-0.39, 0.29) is 6.04 Å². The first-order valence-corrected chi connectivity index (χ1v) is 6.02. The minimum absolute atomic E-state index is 0.0855. The molecule has 0 unspecified atom stereocenters. The summed E-state index contributed by atoms with van der Waals surface area (Å²) in [5, 5.41) is 5.84. The summed E-state index contributed by atoms with van der Waals surface area (Å²) in [7, 11) is 0. The molecule has 84 valence electrons. The number of thiol groups is 1. The van der Waals surface area contributed by atoms with Gasteiger partial charge in [-0.1, -0.05) is 36.4 Å². The highest BCUT2D eigenvalue weighted by Crippen LogP contribution is 2.22. The SMILES string of the molecule is N[C@@H](CS)CNc1cccc2ccccc12. The fourth-order valence-corrected chi connectivity index (χ4v) is 1.81. The van der Waals surface area contributed by atoms with Gasteiger partial charge in [-0.3, -0.25) is 0 Å². The fraction of sp³-hybridized carbons (Fsp3) is 0.231.